The van der Waals surface area contributed by atoms with Crippen LogP contribution < -0.4 is 10.6 Å². The highest BCUT2D eigenvalue weighted by Gasteiger charge is 2.42. The molecule has 2 heterocycles. The van der Waals surface area contributed by atoms with Gasteiger partial charge in [0.2, 0.25) is 5.91 Å². The lowest BCUT2D eigenvalue weighted by molar-refractivity contribution is -0.133. The predicted molar refractivity (Wildman–Crippen MR) is 99.1 cm³/mol. The molecule has 140 valence electrons. The minimum absolute atomic E-state index is 0.0338. The van der Waals surface area contributed by atoms with Gasteiger partial charge in [-0.05, 0) is 62.3 Å². The van der Waals surface area contributed by atoms with Gasteiger partial charge in [0.15, 0.2) is 0 Å². The number of carbonyl (C=O) groups is 3. The van der Waals surface area contributed by atoms with E-state index in [1.807, 2.05) is 17.0 Å². The molecule has 2 aliphatic rings. The average Bonchev–Trinajstić information content (AvgIpc) is 2.85. The first-order valence-corrected chi connectivity index (χ1v) is 9.34. The van der Waals surface area contributed by atoms with Gasteiger partial charge in [-0.3, -0.25) is 14.9 Å². The number of urea groups is 1. The highest BCUT2D eigenvalue weighted by atomic mass is 35.5. The Balaban J connectivity index is 1.52. The zero-order chi connectivity index (χ0) is 18.9. The average molecular weight is 378 g/mol. The van der Waals surface area contributed by atoms with E-state index in [0.717, 1.165) is 17.9 Å². The summed E-state index contributed by atoms with van der Waals surface area (Å²) >= 11 is 6.03. The van der Waals surface area contributed by atoms with Crippen LogP contribution in [0.4, 0.5) is 4.79 Å². The van der Waals surface area contributed by atoms with E-state index in [1.54, 1.807) is 6.92 Å². The standard InChI is InChI=1S/C19H24ClN3O3/c1-12-11-14(20)3-4-15(12)13-6-9-23(10-7-13)16(24)5-8-19(2)17(25)21-18(26)22-19/h3-4,11,13H,5-10H2,1-2H3,(H2,21,22,25,26). The van der Waals surface area contributed by atoms with Gasteiger partial charge < -0.3 is 10.2 Å². The van der Waals surface area contributed by atoms with Crippen LogP contribution in [0, 0.1) is 6.92 Å². The molecule has 2 N–H and O–H groups in total. The zero-order valence-electron chi connectivity index (χ0n) is 15.1. The van der Waals surface area contributed by atoms with Crippen LogP contribution in [0.15, 0.2) is 18.2 Å². The molecule has 0 bridgehead atoms. The fraction of sp³-hybridized carbons (Fsp3) is 0.526. The van der Waals surface area contributed by atoms with Crippen molar-refractivity contribution < 1.29 is 14.4 Å². The molecular weight excluding hydrogens is 354 g/mol. The fourth-order valence-electron chi connectivity index (χ4n) is 3.81. The molecule has 2 saturated heterocycles. The summed E-state index contributed by atoms with van der Waals surface area (Å²) in [5.74, 6) is 0.104. The number of hydrogen-bond acceptors (Lipinski definition) is 3. The summed E-state index contributed by atoms with van der Waals surface area (Å²) in [5, 5.41) is 5.56. The SMILES string of the molecule is Cc1cc(Cl)ccc1C1CCN(C(=O)CCC2(C)NC(=O)NC2=O)CC1. The Bertz CT molecular complexity index is 744. The van der Waals surface area contributed by atoms with E-state index in [9.17, 15) is 14.4 Å². The normalized spacial score (nSPS) is 23.7. The van der Waals surface area contributed by atoms with E-state index in [0.29, 0.717) is 25.4 Å². The molecule has 3 rings (SSSR count). The lowest BCUT2D eigenvalue weighted by atomic mass is 9.86. The van der Waals surface area contributed by atoms with Gasteiger partial charge in [-0.15, -0.1) is 0 Å². The van der Waals surface area contributed by atoms with Gasteiger partial charge in [-0.2, -0.15) is 0 Å². The number of benzene rings is 1. The van der Waals surface area contributed by atoms with E-state index < -0.39 is 11.6 Å². The Labute approximate surface area is 158 Å². The Kier molecular flexibility index (Phi) is 5.23. The third-order valence-corrected chi connectivity index (χ3v) is 5.71. The molecule has 7 heteroatoms. The van der Waals surface area contributed by atoms with Gasteiger partial charge >= 0.3 is 6.03 Å². The largest absolute Gasteiger partial charge is 0.343 e. The molecule has 26 heavy (non-hydrogen) atoms. The van der Waals surface area contributed by atoms with Crippen molar-refractivity contribution in [2.75, 3.05) is 13.1 Å². The summed E-state index contributed by atoms with van der Waals surface area (Å²) in [6.45, 7) is 5.14. The number of carbonyl (C=O) groups excluding carboxylic acids is 3. The van der Waals surface area contributed by atoms with Gasteiger partial charge in [0.25, 0.3) is 5.91 Å². The van der Waals surface area contributed by atoms with Crippen LogP contribution in [-0.4, -0.2) is 41.4 Å². The lowest BCUT2D eigenvalue weighted by Crippen LogP contribution is -2.45. The maximum Gasteiger partial charge on any atom is 0.322 e. The van der Waals surface area contributed by atoms with Crippen LogP contribution in [-0.2, 0) is 9.59 Å². The summed E-state index contributed by atoms with van der Waals surface area (Å²) in [7, 11) is 0. The summed E-state index contributed by atoms with van der Waals surface area (Å²) in [6, 6.07) is 5.49. The van der Waals surface area contributed by atoms with Gasteiger partial charge in [0.1, 0.15) is 5.54 Å². The van der Waals surface area contributed by atoms with Crippen molar-refractivity contribution in [3.05, 3.63) is 34.3 Å². The van der Waals surface area contributed by atoms with Crippen LogP contribution in [0.3, 0.4) is 0 Å². The first kappa shape index (κ1) is 18.7. The van der Waals surface area contributed by atoms with Gasteiger partial charge in [0.05, 0.1) is 0 Å². The first-order valence-electron chi connectivity index (χ1n) is 8.96. The summed E-state index contributed by atoms with van der Waals surface area (Å²) < 4.78 is 0. The maximum atomic E-state index is 12.5. The first-order chi connectivity index (χ1) is 12.3. The third-order valence-electron chi connectivity index (χ3n) is 5.48. The smallest absolute Gasteiger partial charge is 0.322 e. The second-order valence-electron chi connectivity index (χ2n) is 7.40. The fourth-order valence-corrected chi connectivity index (χ4v) is 4.03. The Morgan fingerprint density at radius 1 is 1.31 bits per heavy atom. The molecule has 2 aliphatic heterocycles. The predicted octanol–water partition coefficient (Wildman–Crippen LogP) is 2.73. The molecule has 1 unspecified atom stereocenters. The molecule has 0 saturated carbocycles. The van der Waals surface area contributed by atoms with Crippen molar-refractivity contribution in [3.8, 4) is 0 Å². The molecule has 0 aliphatic carbocycles. The van der Waals surface area contributed by atoms with Crippen molar-refractivity contribution in [1.29, 1.82) is 0 Å². The molecule has 0 spiro atoms. The summed E-state index contributed by atoms with van der Waals surface area (Å²) in [6.07, 6.45) is 2.39. The topological polar surface area (TPSA) is 78.5 Å². The number of hydrogen-bond donors (Lipinski definition) is 2. The van der Waals surface area contributed by atoms with E-state index in [1.165, 1.54) is 11.1 Å². The Hall–Kier alpha value is -2.08. The molecule has 6 nitrogen and oxygen atoms in total. The quantitative estimate of drug-likeness (QED) is 0.792. The van der Waals surface area contributed by atoms with Crippen molar-refractivity contribution in [2.45, 2.75) is 51.0 Å². The van der Waals surface area contributed by atoms with Crippen LogP contribution in [0.2, 0.25) is 5.02 Å². The highest BCUT2D eigenvalue weighted by molar-refractivity contribution is 6.30. The number of likely N-dealkylation sites (tertiary alicyclic amines) is 1. The monoisotopic (exact) mass is 377 g/mol. The van der Waals surface area contributed by atoms with Crippen molar-refractivity contribution in [2.24, 2.45) is 0 Å². The molecule has 0 aromatic heterocycles. The number of rotatable bonds is 4. The number of nitrogens with one attached hydrogen (secondary N) is 2. The molecule has 1 aromatic rings. The van der Waals surface area contributed by atoms with E-state index in [-0.39, 0.29) is 18.2 Å². The van der Waals surface area contributed by atoms with E-state index in [2.05, 4.69) is 23.6 Å². The van der Waals surface area contributed by atoms with Crippen molar-refractivity contribution >= 4 is 29.4 Å². The van der Waals surface area contributed by atoms with Crippen LogP contribution in [0.5, 0.6) is 0 Å². The third kappa shape index (κ3) is 3.85. The highest BCUT2D eigenvalue weighted by Crippen LogP contribution is 2.32. The van der Waals surface area contributed by atoms with Crippen LogP contribution >= 0.6 is 11.6 Å². The lowest BCUT2D eigenvalue weighted by Gasteiger charge is -2.33. The second-order valence-corrected chi connectivity index (χ2v) is 7.83. The maximum absolute atomic E-state index is 12.5. The molecule has 0 radical (unpaired) electrons. The molecular formula is C19H24ClN3O3. The molecule has 4 amide bonds. The number of aryl methyl sites for hydroxylation is 1. The minimum atomic E-state index is -0.995. The number of imide groups is 1. The van der Waals surface area contributed by atoms with Gasteiger partial charge in [-0.25, -0.2) is 4.79 Å². The van der Waals surface area contributed by atoms with Crippen molar-refractivity contribution in [3.63, 3.8) is 0 Å². The number of piperidine rings is 1. The van der Waals surface area contributed by atoms with E-state index in [4.69, 9.17) is 11.6 Å². The van der Waals surface area contributed by atoms with Crippen LogP contribution in [0.1, 0.15) is 49.7 Å². The zero-order valence-corrected chi connectivity index (χ0v) is 15.9. The molecule has 1 atom stereocenters. The van der Waals surface area contributed by atoms with Gasteiger partial charge in [-0.1, -0.05) is 17.7 Å². The second kappa shape index (κ2) is 7.27. The number of halogens is 1. The Morgan fingerprint density at radius 3 is 2.58 bits per heavy atom. The van der Waals surface area contributed by atoms with E-state index >= 15 is 0 Å². The molecule has 2 fully saturated rings. The van der Waals surface area contributed by atoms with Crippen molar-refractivity contribution in [1.82, 2.24) is 15.5 Å². The minimum Gasteiger partial charge on any atom is -0.343 e. The number of nitrogens with zero attached hydrogens (tertiary/aromatic N) is 1. The number of amides is 4. The van der Waals surface area contributed by atoms with Gasteiger partial charge in [0, 0.05) is 24.5 Å². The molecule has 1 aromatic carbocycles. The Morgan fingerprint density at radius 2 is 2.00 bits per heavy atom. The summed E-state index contributed by atoms with van der Waals surface area (Å²) in [5.41, 5.74) is 1.50. The summed E-state index contributed by atoms with van der Waals surface area (Å²) in [4.78, 5) is 37.5. The van der Waals surface area contributed by atoms with Crippen LogP contribution in [0.25, 0.3) is 0 Å².